The molecule has 98 valence electrons. The molecule has 1 aliphatic rings. The summed E-state index contributed by atoms with van der Waals surface area (Å²) < 4.78 is 16.6. The Morgan fingerprint density at radius 2 is 2.26 bits per heavy atom. The minimum absolute atomic E-state index is 0.290. The highest BCUT2D eigenvalue weighted by Crippen LogP contribution is 2.35. The van der Waals surface area contributed by atoms with Crippen molar-refractivity contribution in [2.24, 2.45) is 10.7 Å². The lowest BCUT2D eigenvalue weighted by atomic mass is 9.87. The fourth-order valence-electron chi connectivity index (χ4n) is 2.39. The minimum Gasteiger partial charge on any atom is -0.369 e. The van der Waals surface area contributed by atoms with Crippen LogP contribution in [0.2, 0.25) is 0 Å². The predicted molar refractivity (Wildman–Crippen MR) is 74.4 cm³/mol. The monoisotopic (exact) mass is 322 g/mol. The topological polar surface area (TPSA) is 56.2 Å². The molecule has 0 saturated heterocycles. The van der Waals surface area contributed by atoms with Gasteiger partial charge in [0, 0.05) is 28.9 Å². The average molecular weight is 323 g/mol. The molecule has 4 nitrogen and oxygen atoms in total. The van der Waals surface area contributed by atoms with Crippen molar-refractivity contribution < 1.29 is 4.39 Å². The van der Waals surface area contributed by atoms with Crippen LogP contribution < -0.4 is 5.73 Å². The van der Waals surface area contributed by atoms with Crippen molar-refractivity contribution in [3.63, 3.8) is 0 Å². The number of halogens is 2. The fourth-order valence-corrected chi connectivity index (χ4v) is 2.75. The molecule has 6 heteroatoms. The van der Waals surface area contributed by atoms with E-state index in [9.17, 15) is 4.39 Å². The maximum Gasteiger partial charge on any atom is 0.201 e. The Bertz CT molecular complexity index is 679. The summed E-state index contributed by atoms with van der Waals surface area (Å²) in [7, 11) is 0. The zero-order chi connectivity index (χ0) is 13.6. The molecule has 1 aromatic carbocycles. The first-order chi connectivity index (χ1) is 8.99. The van der Waals surface area contributed by atoms with Crippen LogP contribution >= 0.6 is 15.9 Å². The summed E-state index contributed by atoms with van der Waals surface area (Å²) in [6, 6.07) is 4.83. The summed E-state index contributed by atoms with van der Waals surface area (Å²) in [4.78, 5) is 8.70. The highest BCUT2D eigenvalue weighted by atomic mass is 79.9. The molecule has 1 atom stereocenters. The van der Waals surface area contributed by atoms with Crippen LogP contribution in [-0.2, 0) is 12.0 Å². The standard InChI is InChI=1S/C13H12BrFN4/c1-13(9-6-8(14)2-3-10(9)15)7-11-17-4-5-19(11)12(16)18-13/h2-6H,7H2,1H3,(H2,16,18)/t13-/m0/s1. The Balaban J connectivity index is 2.15. The number of nitrogens with two attached hydrogens (primary N) is 1. The van der Waals surface area contributed by atoms with Gasteiger partial charge in [0.2, 0.25) is 5.96 Å². The molecule has 0 fully saturated rings. The van der Waals surface area contributed by atoms with Gasteiger partial charge in [-0.15, -0.1) is 0 Å². The van der Waals surface area contributed by atoms with E-state index in [0.29, 0.717) is 17.9 Å². The van der Waals surface area contributed by atoms with E-state index in [1.807, 2.05) is 6.92 Å². The largest absolute Gasteiger partial charge is 0.369 e. The Morgan fingerprint density at radius 3 is 3.05 bits per heavy atom. The molecule has 0 saturated carbocycles. The summed E-state index contributed by atoms with van der Waals surface area (Å²) in [5.41, 5.74) is 5.71. The van der Waals surface area contributed by atoms with E-state index in [1.54, 1.807) is 29.1 Å². The highest BCUT2D eigenvalue weighted by molar-refractivity contribution is 9.10. The lowest BCUT2D eigenvalue weighted by Gasteiger charge is -2.30. The molecule has 2 aromatic rings. The van der Waals surface area contributed by atoms with Crippen molar-refractivity contribution in [2.75, 3.05) is 0 Å². The number of imidazole rings is 1. The highest BCUT2D eigenvalue weighted by Gasteiger charge is 2.35. The van der Waals surface area contributed by atoms with Crippen LogP contribution in [0.25, 0.3) is 0 Å². The number of aliphatic imine (C=N–C) groups is 1. The molecule has 0 aliphatic carbocycles. The van der Waals surface area contributed by atoms with Crippen LogP contribution in [0.4, 0.5) is 4.39 Å². The van der Waals surface area contributed by atoms with E-state index in [0.717, 1.165) is 10.3 Å². The molecule has 0 bridgehead atoms. The maximum atomic E-state index is 14.1. The van der Waals surface area contributed by atoms with Gasteiger partial charge in [-0.25, -0.2) is 14.4 Å². The summed E-state index contributed by atoms with van der Waals surface area (Å²) in [6.45, 7) is 1.86. The van der Waals surface area contributed by atoms with Crippen LogP contribution in [0, 0.1) is 5.82 Å². The molecule has 2 heterocycles. The van der Waals surface area contributed by atoms with E-state index in [2.05, 4.69) is 25.9 Å². The quantitative estimate of drug-likeness (QED) is 0.876. The molecule has 0 radical (unpaired) electrons. The molecule has 3 rings (SSSR count). The molecule has 1 aliphatic heterocycles. The molecule has 1 aromatic heterocycles. The Morgan fingerprint density at radius 1 is 1.47 bits per heavy atom. The zero-order valence-electron chi connectivity index (χ0n) is 10.3. The third-order valence-electron chi connectivity index (χ3n) is 3.34. The van der Waals surface area contributed by atoms with Crippen molar-refractivity contribution in [3.05, 3.63) is 52.3 Å². The van der Waals surface area contributed by atoms with Crippen LogP contribution in [-0.4, -0.2) is 15.5 Å². The Hall–Kier alpha value is -1.69. The van der Waals surface area contributed by atoms with E-state index in [4.69, 9.17) is 5.73 Å². The average Bonchev–Trinajstić information content (AvgIpc) is 2.80. The number of fused-ring (bicyclic) bond motifs is 1. The van der Waals surface area contributed by atoms with E-state index >= 15 is 0 Å². The summed E-state index contributed by atoms with van der Waals surface area (Å²) in [5, 5.41) is 0. The number of aromatic nitrogens is 2. The normalized spacial score (nSPS) is 21.9. The summed E-state index contributed by atoms with van der Waals surface area (Å²) in [5.74, 6) is 0.831. The van der Waals surface area contributed by atoms with Gasteiger partial charge in [-0.3, -0.25) is 4.57 Å². The third kappa shape index (κ3) is 1.96. The first-order valence-electron chi connectivity index (χ1n) is 5.83. The smallest absolute Gasteiger partial charge is 0.201 e. The van der Waals surface area contributed by atoms with Gasteiger partial charge in [-0.2, -0.15) is 0 Å². The molecular weight excluding hydrogens is 311 g/mol. The molecule has 0 spiro atoms. The van der Waals surface area contributed by atoms with Crippen LogP contribution in [0.1, 0.15) is 18.3 Å². The van der Waals surface area contributed by atoms with Crippen molar-refractivity contribution in [1.29, 1.82) is 0 Å². The van der Waals surface area contributed by atoms with Crippen molar-refractivity contribution in [3.8, 4) is 0 Å². The Kier molecular flexibility index (Phi) is 2.70. The second-order valence-corrected chi connectivity index (χ2v) is 5.67. The van der Waals surface area contributed by atoms with E-state index < -0.39 is 5.54 Å². The second-order valence-electron chi connectivity index (χ2n) is 4.76. The maximum absolute atomic E-state index is 14.1. The van der Waals surface area contributed by atoms with E-state index in [1.165, 1.54) is 6.07 Å². The van der Waals surface area contributed by atoms with Crippen molar-refractivity contribution >= 4 is 21.9 Å². The molecule has 0 amide bonds. The number of rotatable bonds is 1. The number of nitrogens with zero attached hydrogens (tertiary/aromatic N) is 3. The van der Waals surface area contributed by atoms with Crippen LogP contribution in [0.15, 0.2) is 40.1 Å². The first-order valence-corrected chi connectivity index (χ1v) is 6.62. The number of hydrogen-bond acceptors (Lipinski definition) is 3. The summed E-state index contributed by atoms with van der Waals surface area (Å²) in [6.07, 6.45) is 3.93. The molecular formula is C13H12BrFN4. The van der Waals surface area contributed by atoms with Gasteiger partial charge < -0.3 is 5.73 Å². The molecule has 2 N–H and O–H groups in total. The van der Waals surface area contributed by atoms with Gasteiger partial charge in [0.15, 0.2) is 0 Å². The third-order valence-corrected chi connectivity index (χ3v) is 3.83. The van der Waals surface area contributed by atoms with Gasteiger partial charge >= 0.3 is 0 Å². The van der Waals surface area contributed by atoms with Gasteiger partial charge in [-0.05, 0) is 25.1 Å². The SMILES string of the molecule is C[C@@]1(c2cc(Br)ccc2F)Cc2nccn2C(N)=N1. The zero-order valence-corrected chi connectivity index (χ0v) is 11.9. The molecule has 19 heavy (non-hydrogen) atoms. The van der Waals surface area contributed by atoms with Crippen LogP contribution in [0.5, 0.6) is 0 Å². The predicted octanol–water partition coefficient (Wildman–Crippen LogP) is 2.42. The van der Waals surface area contributed by atoms with Crippen molar-refractivity contribution in [2.45, 2.75) is 18.9 Å². The van der Waals surface area contributed by atoms with Crippen molar-refractivity contribution in [1.82, 2.24) is 9.55 Å². The molecule has 0 unspecified atom stereocenters. The second kappa shape index (κ2) is 4.16. The van der Waals surface area contributed by atoms with Gasteiger partial charge in [0.25, 0.3) is 0 Å². The Labute approximate surface area is 118 Å². The fraction of sp³-hybridized carbons (Fsp3) is 0.231. The minimum atomic E-state index is -0.737. The number of benzene rings is 1. The first kappa shape index (κ1) is 12.3. The van der Waals surface area contributed by atoms with E-state index in [-0.39, 0.29) is 5.82 Å². The summed E-state index contributed by atoms with van der Waals surface area (Å²) >= 11 is 3.36. The number of hydrogen-bond donors (Lipinski definition) is 1. The van der Waals surface area contributed by atoms with Gasteiger partial charge in [0.05, 0.1) is 5.54 Å². The lowest BCUT2D eigenvalue weighted by Crippen LogP contribution is -2.38. The van der Waals surface area contributed by atoms with Gasteiger partial charge in [0.1, 0.15) is 11.6 Å². The lowest BCUT2D eigenvalue weighted by molar-refractivity contribution is 0.434. The van der Waals surface area contributed by atoms with Gasteiger partial charge in [-0.1, -0.05) is 15.9 Å². The van der Waals surface area contributed by atoms with Crippen LogP contribution in [0.3, 0.4) is 0 Å².